The molecule has 2 aromatic rings. The maximum absolute atomic E-state index is 13.7. The van der Waals surface area contributed by atoms with Crippen LogP contribution in [0.3, 0.4) is 0 Å². The molecule has 0 aliphatic heterocycles. The predicted octanol–water partition coefficient (Wildman–Crippen LogP) is 3.96. The number of sulfone groups is 1. The fourth-order valence-corrected chi connectivity index (χ4v) is 7.42. The molecule has 1 saturated carbocycles. The fourth-order valence-electron chi connectivity index (χ4n) is 5.26. The molecule has 4 N–H and O–H groups in total. The normalized spacial score (nSPS) is 15.1. The molecule has 246 valence electrons. The van der Waals surface area contributed by atoms with Crippen LogP contribution in [0.2, 0.25) is 0 Å². The van der Waals surface area contributed by atoms with Gasteiger partial charge in [-0.05, 0) is 61.3 Å². The number of rotatable bonds is 20. The van der Waals surface area contributed by atoms with Crippen molar-refractivity contribution in [3.63, 3.8) is 0 Å². The van der Waals surface area contributed by atoms with Crippen molar-refractivity contribution in [3.8, 4) is 5.75 Å². The highest BCUT2D eigenvalue weighted by molar-refractivity contribution is 7.92. The van der Waals surface area contributed by atoms with Gasteiger partial charge < -0.3 is 25.8 Å². The van der Waals surface area contributed by atoms with Crippen molar-refractivity contribution in [1.29, 1.82) is 0 Å². The third-order valence-corrected chi connectivity index (χ3v) is 10.1. The quantitative estimate of drug-likeness (QED) is 0.170. The van der Waals surface area contributed by atoms with E-state index in [-0.39, 0.29) is 37.2 Å². The molecule has 1 aliphatic carbocycles. The molecule has 0 aromatic heterocycles. The van der Waals surface area contributed by atoms with Crippen LogP contribution in [-0.2, 0) is 32.4 Å². The molecular formula is C33H50ClN3O6S. The first-order valence-electron chi connectivity index (χ1n) is 15.5. The van der Waals surface area contributed by atoms with Gasteiger partial charge in [0.25, 0.3) is 0 Å². The van der Waals surface area contributed by atoms with E-state index in [1.165, 1.54) is 0 Å². The van der Waals surface area contributed by atoms with Crippen LogP contribution in [0.15, 0.2) is 54.6 Å². The molecule has 44 heavy (non-hydrogen) atoms. The van der Waals surface area contributed by atoms with Crippen LogP contribution >= 0.6 is 12.4 Å². The van der Waals surface area contributed by atoms with Crippen LogP contribution < -0.4 is 20.7 Å². The van der Waals surface area contributed by atoms with E-state index in [9.17, 15) is 23.1 Å². The van der Waals surface area contributed by atoms with E-state index >= 15 is 0 Å². The number of carbonyl (C=O) groups excluding carboxylic acids is 2. The Kier molecular flexibility index (Phi) is 16.2. The summed E-state index contributed by atoms with van der Waals surface area (Å²) in [6.07, 6.45) is 3.99. The molecule has 0 bridgehead atoms. The molecule has 0 spiro atoms. The molecule has 9 nitrogen and oxygen atoms in total. The lowest BCUT2D eigenvalue weighted by atomic mass is 10.0. The molecule has 1 fully saturated rings. The van der Waals surface area contributed by atoms with Gasteiger partial charge in [-0.15, -0.1) is 12.4 Å². The van der Waals surface area contributed by atoms with Crippen LogP contribution in [0.25, 0.3) is 0 Å². The Morgan fingerprint density at radius 1 is 0.977 bits per heavy atom. The predicted molar refractivity (Wildman–Crippen MR) is 177 cm³/mol. The molecular weight excluding hydrogens is 602 g/mol. The number of aliphatic hydroxyl groups excluding tert-OH is 1. The number of halogens is 1. The summed E-state index contributed by atoms with van der Waals surface area (Å²) in [7, 11) is -2.07. The largest absolute Gasteiger partial charge is 0.497 e. The second-order valence-electron chi connectivity index (χ2n) is 11.7. The van der Waals surface area contributed by atoms with Crippen LogP contribution in [0.1, 0.15) is 69.9 Å². The molecule has 2 aromatic carbocycles. The lowest BCUT2D eigenvalue weighted by Gasteiger charge is -2.28. The number of benzene rings is 2. The van der Waals surface area contributed by atoms with E-state index in [4.69, 9.17) is 4.74 Å². The van der Waals surface area contributed by atoms with Gasteiger partial charge in [-0.2, -0.15) is 0 Å². The van der Waals surface area contributed by atoms with Gasteiger partial charge in [0.05, 0.1) is 30.3 Å². The summed E-state index contributed by atoms with van der Waals surface area (Å²) < 4.78 is 32.2. The second kappa shape index (κ2) is 19.0. The van der Waals surface area contributed by atoms with Gasteiger partial charge in [0, 0.05) is 19.5 Å². The van der Waals surface area contributed by atoms with Gasteiger partial charge in [-0.25, -0.2) is 8.42 Å². The highest BCUT2D eigenvalue weighted by Gasteiger charge is 2.35. The number of aliphatic hydroxyl groups is 1. The third-order valence-electron chi connectivity index (χ3n) is 7.86. The number of hydrogen-bond acceptors (Lipinski definition) is 7. The maximum atomic E-state index is 13.7. The minimum atomic E-state index is -3.68. The molecule has 1 aliphatic rings. The highest BCUT2D eigenvalue weighted by Crippen LogP contribution is 2.32. The van der Waals surface area contributed by atoms with Gasteiger partial charge >= 0.3 is 0 Å². The van der Waals surface area contributed by atoms with Gasteiger partial charge in [-0.3, -0.25) is 9.59 Å². The fraction of sp³-hybridized carbons (Fsp3) is 0.576. The molecule has 2 amide bonds. The number of carbonyl (C=O) groups is 2. The van der Waals surface area contributed by atoms with Crippen molar-refractivity contribution in [2.24, 2.45) is 5.92 Å². The van der Waals surface area contributed by atoms with E-state index in [1.807, 2.05) is 68.4 Å². The average molecular weight is 652 g/mol. The average Bonchev–Trinajstić information content (AvgIpc) is 3.80. The topological polar surface area (TPSA) is 134 Å². The number of ether oxygens (including phenoxy) is 1. The van der Waals surface area contributed by atoms with E-state index in [0.717, 1.165) is 29.7 Å². The molecule has 0 saturated heterocycles. The lowest BCUT2D eigenvalue weighted by molar-refractivity contribution is -0.129. The van der Waals surface area contributed by atoms with Crippen LogP contribution in [-0.4, -0.2) is 68.2 Å². The van der Waals surface area contributed by atoms with Crippen LogP contribution in [0, 0.1) is 5.92 Å². The van der Waals surface area contributed by atoms with Gasteiger partial charge in [0.1, 0.15) is 11.8 Å². The summed E-state index contributed by atoms with van der Waals surface area (Å²) in [5.74, 6) is -0.370. The summed E-state index contributed by atoms with van der Waals surface area (Å²) >= 11 is 0. The van der Waals surface area contributed by atoms with Crippen molar-refractivity contribution in [1.82, 2.24) is 16.0 Å². The van der Waals surface area contributed by atoms with Gasteiger partial charge in [0.15, 0.2) is 9.84 Å². The Bertz CT molecular complexity index is 1250. The zero-order chi connectivity index (χ0) is 31.2. The number of amides is 2. The van der Waals surface area contributed by atoms with Gasteiger partial charge in [0.2, 0.25) is 11.8 Å². The second-order valence-corrected chi connectivity index (χ2v) is 14.0. The van der Waals surface area contributed by atoms with Crippen molar-refractivity contribution in [2.45, 2.75) is 95.2 Å². The zero-order valence-corrected chi connectivity index (χ0v) is 27.8. The summed E-state index contributed by atoms with van der Waals surface area (Å²) in [4.78, 5) is 26.5. The summed E-state index contributed by atoms with van der Waals surface area (Å²) in [5.41, 5.74) is 1.89. The minimum Gasteiger partial charge on any atom is -0.497 e. The standard InChI is InChI=1S/C33H49N3O6S.ClH/c1-4-10-28(11-5-2)43(40,41)23-30(35-32(38)20-25-16-17-25)33(39)36-29(19-24-12-7-6-8-13-24)31(37)22-34-21-26-14-9-15-27(18-26)42-3;/h6-9,12-15,18,25,28-31,34,37H,4-5,10-11,16-17,19-23H2,1-3H3,(H,35,38)(H,36,39);1H/t29-,30+,31+;/m0./s1. The summed E-state index contributed by atoms with van der Waals surface area (Å²) in [6.45, 7) is 4.55. The first-order chi connectivity index (χ1) is 20.6. The SMILES string of the molecule is CCCC(CCC)S(=O)(=O)C[C@@H](NC(=O)CC1CC1)C(=O)N[C@@H](Cc1ccccc1)[C@H](O)CNCc1cccc(OC)c1.Cl. The highest BCUT2D eigenvalue weighted by atomic mass is 35.5. The van der Waals surface area contributed by atoms with Crippen molar-refractivity contribution in [3.05, 3.63) is 65.7 Å². The Hall–Kier alpha value is -2.66. The molecule has 0 heterocycles. The van der Waals surface area contributed by atoms with Gasteiger partial charge in [-0.1, -0.05) is 69.2 Å². The number of hydrogen-bond donors (Lipinski definition) is 4. The summed E-state index contributed by atoms with van der Waals surface area (Å²) in [5, 5.41) is 19.5. The van der Waals surface area contributed by atoms with E-state index in [1.54, 1.807) is 7.11 Å². The number of nitrogens with one attached hydrogen (secondary N) is 3. The van der Waals surface area contributed by atoms with Crippen LogP contribution in [0.4, 0.5) is 0 Å². The van der Waals surface area contributed by atoms with Crippen molar-refractivity contribution >= 4 is 34.1 Å². The third kappa shape index (κ3) is 12.8. The summed E-state index contributed by atoms with van der Waals surface area (Å²) in [6, 6.07) is 15.1. The Morgan fingerprint density at radius 2 is 1.64 bits per heavy atom. The molecule has 11 heteroatoms. The van der Waals surface area contributed by atoms with E-state index < -0.39 is 44.9 Å². The zero-order valence-electron chi connectivity index (χ0n) is 26.2. The monoisotopic (exact) mass is 651 g/mol. The Labute approximate surface area is 269 Å². The lowest BCUT2D eigenvalue weighted by Crippen LogP contribution is -2.57. The van der Waals surface area contributed by atoms with Crippen molar-refractivity contribution in [2.75, 3.05) is 19.4 Å². The Balaban J connectivity index is 0.00000675. The maximum Gasteiger partial charge on any atom is 0.243 e. The smallest absolute Gasteiger partial charge is 0.243 e. The minimum absolute atomic E-state index is 0. The number of methoxy groups -OCH3 is 1. The molecule has 0 radical (unpaired) electrons. The molecule has 3 atom stereocenters. The molecule has 0 unspecified atom stereocenters. The first-order valence-corrected chi connectivity index (χ1v) is 17.2. The van der Waals surface area contributed by atoms with Crippen LogP contribution in [0.5, 0.6) is 5.75 Å². The molecule has 3 rings (SSSR count). The first kappa shape index (κ1) is 37.5. The Morgan fingerprint density at radius 3 is 2.25 bits per heavy atom. The van der Waals surface area contributed by atoms with E-state index in [0.29, 0.717) is 38.6 Å². The van der Waals surface area contributed by atoms with Crippen molar-refractivity contribution < 1.29 is 27.9 Å². The van der Waals surface area contributed by atoms with E-state index in [2.05, 4.69) is 16.0 Å².